The molecule has 0 radical (unpaired) electrons. The molecular weight excluding hydrogens is 260 g/mol. The maximum atomic E-state index is 12.0. The summed E-state index contributed by atoms with van der Waals surface area (Å²) < 4.78 is 2.18. The van der Waals surface area contributed by atoms with E-state index in [-0.39, 0.29) is 24.2 Å². The third-order valence-corrected chi connectivity index (χ3v) is 3.26. The van der Waals surface area contributed by atoms with E-state index in [4.69, 9.17) is 5.73 Å². The number of nitrogens with zero attached hydrogens (tertiary/aromatic N) is 2. The number of nitrogens with two attached hydrogens (primary N) is 1. The predicted molar refractivity (Wildman–Crippen MR) is 77.6 cm³/mol. The molecule has 7 heteroatoms. The van der Waals surface area contributed by atoms with Crippen molar-refractivity contribution in [3.05, 3.63) is 27.0 Å². The van der Waals surface area contributed by atoms with Crippen LogP contribution >= 0.6 is 0 Å². The minimum absolute atomic E-state index is 0.0400. The summed E-state index contributed by atoms with van der Waals surface area (Å²) in [6.07, 6.45) is 2.90. The van der Waals surface area contributed by atoms with Crippen LogP contribution in [0, 0.1) is 0 Å². The molecule has 0 spiro atoms. The quantitative estimate of drug-likeness (QED) is 0.762. The predicted octanol–water partition coefficient (Wildman–Crippen LogP) is -0.0831. The number of carbonyl (C=O) groups is 1. The number of hydrogen-bond donors (Lipinski definition) is 2. The molecule has 1 heterocycles. The zero-order chi connectivity index (χ0) is 15.3. The number of aryl methyl sites for hydroxylation is 1. The number of nitrogen functional groups attached to an aromatic ring is 1. The first-order valence-corrected chi connectivity index (χ1v) is 6.83. The maximum absolute atomic E-state index is 12.0. The maximum Gasteiger partial charge on any atom is 0.331 e. The zero-order valence-corrected chi connectivity index (χ0v) is 12.2. The lowest BCUT2D eigenvalue weighted by molar-refractivity contribution is -0.122. The van der Waals surface area contributed by atoms with E-state index in [1.807, 2.05) is 13.8 Å². The van der Waals surface area contributed by atoms with E-state index in [0.717, 1.165) is 17.4 Å². The van der Waals surface area contributed by atoms with Crippen molar-refractivity contribution in [2.75, 3.05) is 5.73 Å². The van der Waals surface area contributed by atoms with Gasteiger partial charge in [-0.2, -0.15) is 0 Å². The van der Waals surface area contributed by atoms with Crippen LogP contribution in [0.1, 0.15) is 33.6 Å². The topological polar surface area (TPSA) is 99.1 Å². The summed E-state index contributed by atoms with van der Waals surface area (Å²) in [5.74, 6) is -0.355. The van der Waals surface area contributed by atoms with Crippen molar-refractivity contribution in [3.8, 4) is 0 Å². The highest BCUT2D eigenvalue weighted by molar-refractivity contribution is 5.76. The fraction of sp³-hybridized carbons (Fsp3) is 0.615. The molecule has 7 nitrogen and oxygen atoms in total. The molecule has 112 valence electrons. The highest BCUT2D eigenvalue weighted by atomic mass is 16.2. The van der Waals surface area contributed by atoms with Crippen LogP contribution < -0.4 is 22.3 Å². The minimum atomic E-state index is -0.626. The Morgan fingerprint density at radius 3 is 2.40 bits per heavy atom. The molecule has 1 amide bonds. The van der Waals surface area contributed by atoms with Crippen LogP contribution in [-0.4, -0.2) is 21.1 Å². The number of anilines is 1. The average molecular weight is 282 g/mol. The molecular formula is C13H22N4O3. The molecule has 3 N–H and O–H groups in total. The highest BCUT2D eigenvalue weighted by Gasteiger charge is 2.14. The molecule has 1 rings (SSSR count). The fourth-order valence-corrected chi connectivity index (χ4v) is 1.95. The summed E-state index contributed by atoms with van der Waals surface area (Å²) >= 11 is 0. The Balaban J connectivity index is 3.04. The second-order valence-corrected chi connectivity index (χ2v) is 4.63. The Morgan fingerprint density at radius 2 is 1.90 bits per heavy atom. The van der Waals surface area contributed by atoms with Gasteiger partial charge in [0, 0.05) is 18.8 Å². The smallest absolute Gasteiger partial charge is 0.331 e. The zero-order valence-electron chi connectivity index (χ0n) is 12.2. The van der Waals surface area contributed by atoms with E-state index in [2.05, 4.69) is 5.32 Å². The highest BCUT2D eigenvalue weighted by Crippen LogP contribution is 1.96. The monoisotopic (exact) mass is 282 g/mol. The Kier molecular flexibility index (Phi) is 5.54. The van der Waals surface area contributed by atoms with Crippen LogP contribution in [0.15, 0.2) is 15.8 Å². The molecule has 0 unspecified atom stereocenters. The van der Waals surface area contributed by atoms with Gasteiger partial charge in [0.2, 0.25) is 5.91 Å². The molecule has 0 saturated heterocycles. The van der Waals surface area contributed by atoms with Crippen molar-refractivity contribution in [1.82, 2.24) is 14.5 Å². The van der Waals surface area contributed by atoms with E-state index < -0.39 is 11.2 Å². The lowest BCUT2D eigenvalue weighted by Gasteiger charge is -2.15. The third kappa shape index (κ3) is 3.49. The van der Waals surface area contributed by atoms with Crippen molar-refractivity contribution in [1.29, 1.82) is 0 Å². The summed E-state index contributed by atoms with van der Waals surface area (Å²) in [5, 5.41) is 2.79. The van der Waals surface area contributed by atoms with E-state index in [1.165, 1.54) is 10.8 Å². The van der Waals surface area contributed by atoms with E-state index in [9.17, 15) is 14.4 Å². The van der Waals surface area contributed by atoms with Gasteiger partial charge in [-0.05, 0) is 19.8 Å². The van der Waals surface area contributed by atoms with Gasteiger partial charge in [-0.15, -0.1) is 0 Å². The van der Waals surface area contributed by atoms with E-state index in [1.54, 1.807) is 6.92 Å². The van der Waals surface area contributed by atoms with Crippen LogP contribution in [0.2, 0.25) is 0 Å². The fourth-order valence-electron chi connectivity index (χ4n) is 1.95. The minimum Gasteiger partial charge on any atom is -0.393 e. The van der Waals surface area contributed by atoms with E-state index >= 15 is 0 Å². The first-order chi connectivity index (χ1) is 9.44. The van der Waals surface area contributed by atoms with Crippen LogP contribution in [0.25, 0.3) is 0 Å². The van der Waals surface area contributed by atoms with Gasteiger partial charge in [0.05, 0.1) is 0 Å². The summed E-state index contributed by atoms with van der Waals surface area (Å²) in [6, 6.07) is 0.0488. The summed E-state index contributed by atoms with van der Waals surface area (Å²) in [7, 11) is 0. The average Bonchev–Trinajstić information content (AvgIpc) is 2.44. The van der Waals surface area contributed by atoms with Crippen molar-refractivity contribution in [2.24, 2.45) is 0 Å². The Morgan fingerprint density at radius 1 is 1.30 bits per heavy atom. The van der Waals surface area contributed by atoms with Crippen LogP contribution in [0.5, 0.6) is 0 Å². The van der Waals surface area contributed by atoms with Crippen molar-refractivity contribution in [3.63, 3.8) is 0 Å². The number of amides is 1. The number of aromatic nitrogens is 2. The van der Waals surface area contributed by atoms with Crippen molar-refractivity contribution < 1.29 is 4.79 Å². The Hall–Kier alpha value is -2.05. The number of rotatable bonds is 6. The number of hydrogen-bond acceptors (Lipinski definition) is 4. The molecule has 20 heavy (non-hydrogen) atoms. The molecule has 0 saturated carbocycles. The second kappa shape index (κ2) is 6.93. The van der Waals surface area contributed by atoms with Crippen LogP contribution in [-0.2, 0) is 17.9 Å². The van der Waals surface area contributed by atoms with Gasteiger partial charge in [-0.3, -0.25) is 14.2 Å². The van der Waals surface area contributed by atoms with Gasteiger partial charge in [-0.25, -0.2) is 9.36 Å². The third-order valence-electron chi connectivity index (χ3n) is 3.26. The lowest BCUT2D eigenvalue weighted by atomic mass is 10.2. The second-order valence-electron chi connectivity index (χ2n) is 4.63. The molecule has 1 aromatic rings. The van der Waals surface area contributed by atoms with Gasteiger partial charge in [0.25, 0.3) is 5.56 Å². The lowest BCUT2D eigenvalue weighted by Crippen LogP contribution is -2.45. The summed E-state index contributed by atoms with van der Waals surface area (Å²) in [4.78, 5) is 35.8. The van der Waals surface area contributed by atoms with Crippen LogP contribution in [0.4, 0.5) is 5.69 Å². The van der Waals surface area contributed by atoms with Gasteiger partial charge in [0.15, 0.2) is 0 Å². The molecule has 1 aromatic heterocycles. The van der Waals surface area contributed by atoms with Gasteiger partial charge >= 0.3 is 5.69 Å². The molecule has 0 atom stereocenters. The van der Waals surface area contributed by atoms with Gasteiger partial charge in [0.1, 0.15) is 12.2 Å². The normalized spacial score (nSPS) is 10.8. The van der Waals surface area contributed by atoms with Crippen molar-refractivity contribution in [2.45, 2.75) is 52.7 Å². The van der Waals surface area contributed by atoms with Gasteiger partial charge in [-0.1, -0.05) is 13.8 Å². The standard InChI is InChI=1S/C13H22N4O3/c1-4-9(5-2)15-11(18)8-17-12(19)10(14)7-16(6-3)13(17)20/h7,9H,4-6,8,14H2,1-3H3,(H,15,18). The molecule has 0 aliphatic heterocycles. The molecule has 0 fully saturated rings. The van der Waals surface area contributed by atoms with Crippen LogP contribution in [0.3, 0.4) is 0 Å². The number of nitrogens with one attached hydrogen (secondary N) is 1. The molecule has 0 aliphatic rings. The Labute approximate surface area is 117 Å². The summed E-state index contributed by atoms with van der Waals surface area (Å²) in [6.45, 7) is 5.77. The first kappa shape index (κ1) is 16.0. The largest absolute Gasteiger partial charge is 0.393 e. The molecule has 0 aromatic carbocycles. The SMILES string of the molecule is CCC(CC)NC(=O)Cn1c(=O)c(N)cn(CC)c1=O. The molecule has 0 bridgehead atoms. The van der Waals surface area contributed by atoms with Crippen molar-refractivity contribution >= 4 is 11.6 Å². The Bertz CT molecular complexity index is 584. The van der Waals surface area contributed by atoms with Gasteiger partial charge < -0.3 is 11.1 Å². The molecule has 0 aliphatic carbocycles. The summed E-state index contributed by atoms with van der Waals surface area (Å²) in [5.41, 5.74) is 4.38. The number of carbonyl (C=O) groups excluding carboxylic acids is 1. The first-order valence-electron chi connectivity index (χ1n) is 6.83. The van der Waals surface area contributed by atoms with E-state index in [0.29, 0.717) is 6.54 Å².